The van der Waals surface area contributed by atoms with E-state index in [1.165, 1.54) is 18.0 Å². The minimum atomic E-state index is -0.385. The van der Waals surface area contributed by atoms with Crippen LogP contribution in [0.5, 0.6) is 0 Å². The second-order valence-electron chi connectivity index (χ2n) is 4.95. The molecule has 1 heterocycles. The van der Waals surface area contributed by atoms with Crippen LogP contribution in [0.15, 0.2) is 12.4 Å². The van der Waals surface area contributed by atoms with E-state index in [0.29, 0.717) is 11.4 Å². The molecule has 0 radical (unpaired) electrons. The predicted molar refractivity (Wildman–Crippen MR) is 75.1 cm³/mol. The molecule has 6 nitrogen and oxygen atoms in total. The Bertz CT molecular complexity index is 451. The number of thioether (sulfide) groups is 1. The first-order valence-corrected chi connectivity index (χ1v) is 6.82. The van der Waals surface area contributed by atoms with Crippen molar-refractivity contribution in [2.75, 3.05) is 18.2 Å². The average Bonchev–Trinajstić information content (AvgIpc) is 2.73. The normalized spacial score (nSPS) is 11.2. The van der Waals surface area contributed by atoms with Gasteiger partial charge in [-0.2, -0.15) is 5.10 Å². The molecule has 0 unspecified atom stereocenters. The Balaban J connectivity index is 2.45. The zero-order chi connectivity index (χ0) is 14.5. The number of hydrogen-bond acceptors (Lipinski definition) is 5. The summed E-state index contributed by atoms with van der Waals surface area (Å²) in [4.78, 5) is 22.7. The molecule has 1 aromatic heterocycles. The van der Waals surface area contributed by atoms with Crippen molar-refractivity contribution < 1.29 is 14.3 Å². The van der Waals surface area contributed by atoms with Crippen LogP contribution >= 0.6 is 11.8 Å². The monoisotopic (exact) mass is 285 g/mol. The molecule has 106 valence electrons. The van der Waals surface area contributed by atoms with E-state index in [1.807, 2.05) is 0 Å². The van der Waals surface area contributed by atoms with Gasteiger partial charge in [-0.1, -0.05) is 20.8 Å². The van der Waals surface area contributed by atoms with Crippen LogP contribution in [-0.2, 0) is 20.9 Å². The van der Waals surface area contributed by atoms with Crippen LogP contribution < -0.4 is 5.32 Å². The van der Waals surface area contributed by atoms with Gasteiger partial charge >= 0.3 is 5.97 Å². The van der Waals surface area contributed by atoms with Crippen LogP contribution in [0, 0.1) is 0 Å². The Morgan fingerprint density at radius 1 is 1.47 bits per heavy atom. The van der Waals surface area contributed by atoms with Crippen molar-refractivity contribution in [2.24, 2.45) is 0 Å². The Labute approximate surface area is 116 Å². The third-order valence-corrected chi connectivity index (χ3v) is 3.34. The van der Waals surface area contributed by atoms with Crippen molar-refractivity contribution in [3.05, 3.63) is 12.4 Å². The molecule has 0 saturated heterocycles. The van der Waals surface area contributed by atoms with Crippen LogP contribution in [0.3, 0.4) is 0 Å². The van der Waals surface area contributed by atoms with Crippen molar-refractivity contribution in [2.45, 2.75) is 32.1 Å². The summed E-state index contributed by atoms with van der Waals surface area (Å²) in [7, 11) is 1.32. The molecule has 0 bridgehead atoms. The fraction of sp³-hybridized carbons (Fsp3) is 0.583. The number of aromatic nitrogens is 2. The molecule has 0 aromatic carbocycles. The summed E-state index contributed by atoms with van der Waals surface area (Å²) in [6.45, 7) is 6.20. The van der Waals surface area contributed by atoms with Crippen LogP contribution in [-0.4, -0.2) is 39.3 Å². The summed E-state index contributed by atoms with van der Waals surface area (Å²) in [6, 6.07) is 0. The Morgan fingerprint density at radius 2 is 2.16 bits per heavy atom. The van der Waals surface area contributed by atoms with Crippen molar-refractivity contribution in [1.82, 2.24) is 9.78 Å². The van der Waals surface area contributed by atoms with E-state index < -0.39 is 0 Å². The number of methoxy groups -OCH3 is 1. The standard InChI is InChI=1S/C12H19N3O3S/c1-12(2,3)19-8-10(16)14-9-5-13-15(6-9)7-11(17)18-4/h5-6H,7-8H2,1-4H3,(H,14,16). The zero-order valence-corrected chi connectivity index (χ0v) is 12.4. The maximum Gasteiger partial charge on any atom is 0.327 e. The highest BCUT2D eigenvalue weighted by Crippen LogP contribution is 2.22. The van der Waals surface area contributed by atoms with Crippen LogP contribution in [0.25, 0.3) is 0 Å². The molecule has 0 aliphatic rings. The molecule has 0 fully saturated rings. The minimum absolute atomic E-state index is 0.0309. The van der Waals surface area contributed by atoms with E-state index in [0.717, 1.165) is 0 Å². The number of anilines is 1. The van der Waals surface area contributed by atoms with Crippen LogP contribution in [0.2, 0.25) is 0 Å². The summed E-state index contributed by atoms with van der Waals surface area (Å²) in [6.07, 6.45) is 3.10. The molecule has 1 N–H and O–H groups in total. The van der Waals surface area contributed by atoms with E-state index in [2.05, 4.69) is 35.9 Å². The number of rotatable bonds is 5. The number of nitrogens with zero attached hydrogens (tertiary/aromatic N) is 2. The molecule has 0 aliphatic carbocycles. The first kappa shape index (κ1) is 15.6. The molecule has 7 heteroatoms. The third-order valence-electron chi connectivity index (χ3n) is 2.07. The van der Waals surface area contributed by atoms with Gasteiger partial charge in [0.25, 0.3) is 0 Å². The summed E-state index contributed by atoms with van der Waals surface area (Å²) < 4.78 is 5.99. The molecular weight excluding hydrogens is 266 g/mol. The average molecular weight is 285 g/mol. The van der Waals surface area contributed by atoms with Crippen molar-refractivity contribution in [3.8, 4) is 0 Å². The lowest BCUT2D eigenvalue weighted by Gasteiger charge is -2.16. The van der Waals surface area contributed by atoms with Gasteiger partial charge in [-0.25, -0.2) is 0 Å². The van der Waals surface area contributed by atoms with Gasteiger partial charge in [0.05, 0.1) is 24.7 Å². The van der Waals surface area contributed by atoms with Gasteiger partial charge in [0.1, 0.15) is 6.54 Å². The predicted octanol–water partition coefficient (Wildman–Crippen LogP) is 1.53. The lowest BCUT2D eigenvalue weighted by Crippen LogP contribution is -2.18. The largest absolute Gasteiger partial charge is 0.468 e. The second-order valence-corrected chi connectivity index (χ2v) is 6.75. The van der Waals surface area contributed by atoms with Gasteiger partial charge in [-0.3, -0.25) is 14.3 Å². The van der Waals surface area contributed by atoms with Crippen molar-refractivity contribution in [1.29, 1.82) is 0 Å². The number of carbonyl (C=O) groups excluding carboxylic acids is 2. The molecule has 1 rings (SSSR count). The molecule has 0 saturated carbocycles. The van der Waals surface area contributed by atoms with Gasteiger partial charge in [0.2, 0.25) is 5.91 Å². The van der Waals surface area contributed by atoms with E-state index in [9.17, 15) is 9.59 Å². The van der Waals surface area contributed by atoms with Gasteiger partial charge in [0, 0.05) is 10.9 Å². The highest BCUT2D eigenvalue weighted by atomic mass is 32.2. The fourth-order valence-electron chi connectivity index (χ4n) is 1.19. The lowest BCUT2D eigenvalue weighted by atomic mass is 10.3. The van der Waals surface area contributed by atoms with Gasteiger partial charge in [0.15, 0.2) is 0 Å². The highest BCUT2D eigenvalue weighted by Gasteiger charge is 2.14. The zero-order valence-electron chi connectivity index (χ0n) is 11.6. The highest BCUT2D eigenvalue weighted by molar-refractivity contribution is 8.01. The van der Waals surface area contributed by atoms with E-state index in [1.54, 1.807) is 18.0 Å². The smallest absolute Gasteiger partial charge is 0.327 e. The number of esters is 1. The summed E-state index contributed by atoms with van der Waals surface area (Å²) in [5, 5.41) is 6.69. The quantitative estimate of drug-likeness (QED) is 0.830. The van der Waals surface area contributed by atoms with E-state index in [-0.39, 0.29) is 23.2 Å². The molecule has 0 spiro atoms. The summed E-state index contributed by atoms with van der Waals surface area (Å²) in [5.74, 6) is -0.0899. The molecule has 1 amide bonds. The van der Waals surface area contributed by atoms with Gasteiger partial charge < -0.3 is 10.1 Å². The molecule has 0 atom stereocenters. The Kier molecular flexibility index (Phi) is 5.41. The molecule has 1 aromatic rings. The van der Waals surface area contributed by atoms with Crippen LogP contribution in [0.1, 0.15) is 20.8 Å². The van der Waals surface area contributed by atoms with Gasteiger partial charge in [-0.15, -0.1) is 11.8 Å². The number of carbonyl (C=O) groups is 2. The maximum absolute atomic E-state index is 11.7. The van der Waals surface area contributed by atoms with Gasteiger partial charge in [-0.05, 0) is 0 Å². The SMILES string of the molecule is COC(=O)Cn1cc(NC(=O)CSC(C)(C)C)cn1. The van der Waals surface area contributed by atoms with E-state index >= 15 is 0 Å². The summed E-state index contributed by atoms with van der Waals surface area (Å²) in [5.41, 5.74) is 0.573. The number of ether oxygens (including phenoxy) is 1. The topological polar surface area (TPSA) is 73.2 Å². The maximum atomic E-state index is 11.7. The van der Waals surface area contributed by atoms with E-state index in [4.69, 9.17) is 0 Å². The minimum Gasteiger partial charge on any atom is -0.468 e. The van der Waals surface area contributed by atoms with Crippen LogP contribution in [0.4, 0.5) is 5.69 Å². The first-order valence-electron chi connectivity index (χ1n) is 5.83. The molecule has 19 heavy (non-hydrogen) atoms. The fourth-order valence-corrected chi connectivity index (χ4v) is 1.83. The summed E-state index contributed by atoms with van der Waals surface area (Å²) >= 11 is 1.57. The molecular formula is C12H19N3O3S. The first-order chi connectivity index (χ1) is 8.80. The third kappa shape index (κ3) is 6.28. The Hall–Kier alpha value is -1.50. The number of hydrogen-bond donors (Lipinski definition) is 1. The van der Waals surface area contributed by atoms with Crippen molar-refractivity contribution in [3.63, 3.8) is 0 Å². The second kappa shape index (κ2) is 6.60. The number of nitrogens with one attached hydrogen (secondary N) is 1. The Morgan fingerprint density at radius 3 is 2.74 bits per heavy atom. The molecule has 0 aliphatic heterocycles. The number of amides is 1. The van der Waals surface area contributed by atoms with Crippen molar-refractivity contribution >= 4 is 29.3 Å². The lowest BCUT2D eigenvalue weighted by molar-refractivity contribution is -0.141.